The van der Waals surface area contributed by atoms with Gasteiger partial charge in [0.25, 0.3) is 5.91 Å². The van der Waals surface area contributed by atoms with E-state index >= 15 is 0 Å². The van der Waals surface area contributed by atoms with Crippen molar-refractivity contribution in [3.8, 4) is 5.75 Å². The summed E-state index contributed by atoms with van der Waals surface area (Å²) in [6.07, 6.45) is 0. The third kappa shape index (κ3) is 3.65. The summed E-state index contributed by atoms with van der Waals surface area (Å²) in [6.45, 7) is 3.16. The number of methoxy groups -OCH3 is 1. The molecule has 6 heteroatoms. The van der Waals surface area contributed by atoms with E-state index in [0.29, 0.717) is 5.69 Å². The van der Waals surface area contributed by atoms with Gasteiger partial charge in [0.2, 0.25) is 0 Å². The van der Waals surface area contributed by atoms with Crippen molar-refractivity contribution in [2.45, 2.75) is 0 Å². The maximum Gasteiger partial charge on any atom is 0.255 e. The topological polar surface area (TPSA) is 50.8 Å². The number of benzene rings is 2. The Hall–Kier alpha value is -2.60. The number of morpholine rings is 1. The van der Waals surface area contributed by atoms with Crippen molar-refractivity contribution < 1.29 is 18.7 Å². The second-order valence-electron chi connectivity index (χ2n) is 5.45. The fourth-order valence-corrected chi connectivity index (χ4v) is 2.59. The molecule has 0 aromatic heterocycles. The van der Waals surface area contributed by atoms with Crippen LogP contribution in [0.1, 0.15) is 10.4 Å². The first kappa shape index (κ1) is 16.3. The van der Waals surface area contributed by atoms with Gasteiger partial charge in [0.15, 0.2) is 11.6 Å². The Morgan fingerprint density at radius 2 is 1.88 bits per heavy atom. The first-order valence-electron chi connectivity index (χ1n) is 7.75. The monoisotopic (exact) mass is 330 g/mol. The Kier molecular flexibility index (Phi) is 4.96. The summed E-state index contributed by atoms with van der Waals surface area (Å²) in [7, 11) is 1.38. The molecule has 3 rings (SSSR count). The Morgan fingerprint density at radius 1 is 1.17 bits per heavy atom. The SMILES string of the molecule is COc1ccc(C(=O)Nc2ccc(N3CCOCC3)cc2)cc1F. The van der Waals surface area contributed by atoms with Crippen LogP contribution in [0.25, 0.3) is 0 Å². The second kappa shape index (κ2) is 7.31. The molecule has 1 heterocycles. The van der Waals surface area contributed by atoms with Gasteiger partial charge in [0.1, 0.15) is 0 Å². The molecule has 126 valence electrons. The van der Waals surface area contributed by atoms with Gasteiger partial charge < -0.3 is 19.7 Å². The van der Waals surface area contributed by atoms with Gasteiger partial charge in [-0.05, 0) is 42.5 Å². The number of halogens is 1. The predicted molar refractivity (Wildman–Crippen MR) is 90.4 cm³/mol. The van der Waals surface area contributed by atoms with E-state index in [9.17, 15) is 9.18 Å². The minimum absolute atomic E-state index is 0.112. The van der Waals surface area contributed by atoms with E-state index in [2.05, 4.69) is 10.2 Å². The molecule has 0 saturated carbocycles. The van der Waals surface area contributed by atoms with Crippen LogP contribution in [0.3, 0.4) is 0 Å². The van der Waals surface area contributed by atoms with Crippen LogP contribution < -0.4 is 15.0 Å². The lowest BCUT2D eigenvalue weighted by Gasteiger charge is -2.28. The zero-order chi connectivity index (χ0) is 16.9. The van der Waals surface area contributed by atoms with Gasteiger partial charge in [-0.25, -0.2) is 4.39 Å². The Bertz CT molecular complexity index is 713. The Morgan fingerprint density at radius 3 is 2.50 bits per heavy atom. The van der Waals surface area contributed by atoms with Crippen LogP contribution in [0.15, 0.2) is 42.5 Å². The molecule has 1 amide bonds. The van der Waals surface area contributed by atoms with Gasteiger partial charge in [-0.2, -0.15) is 0 Å². The second-order valence-corrected chi connectivity index (χ2v) is 5.45. The van der Waals surface area contributed by atoms with Crippen LogP contribution in [-0.4, -0.2) is 39.3 Å². The average molecular weight is 330 g/mol. The zero-order valence-electron chi connectivity index (χ0n) is 13.4. The minimum Gasteiger partial charge on any atom is -0.494 e. The smallest absolute Gasteiger partial charge is 0.255 e. The van der Waals surface area contributed by atoms with E-state index in [1.54, 1.807) is 0 Å². The van der Waals surface area contributed by atoms with Gasteiger partial charge in [0, 0.05) is 30.0 Å². The molecular weight excluding hydrogens is 311 g/mol. The van der Waals surface area contributed by atoms with Crippen molar-refractivity contribution in [1.82, 2.24) is 0 Å². The van der Waals surface area contributed by atoms with Gasteiger partial charge in [-0.3, -0.25) is 4.79 Å². The first-order valence-corrected chi connectivity index (χ1v) is 7.75. The molecule has 5 nitrogen and oxygen atoms in total. The summed E-state index contributed by atoms with van der Waals surface area (Å²) in [5.41, 5.74) is 1.99. The molecular formula is C18H19FN2O3. The highest BCUT2D eigenvalue weighted by Crippen LogP contribution is 2.21. The number of anilines is 2. The summed E-state index contributed by atoms with van der Waals surface area (Å²) in [5.74, 6) is -0.815. The number of rotatable bonds is 4. The van der Waals surface area contributed by atoms with Crippen molar-refractivity contribution >= 4 is 17.3 Å². The maximum absolute atomic E-state index is 13.7. The zero-order valence-corrected chi connectivity index (χ0v) is 13.4. The Labute approximate surface area is 140 Å². The summed E-state index contributed by atoms with van der Waals surface area (Å²) in [6, 6.07) is 11.7. The summed E-state index contributed by atoms with van der Waals surface area (Å²) < 4.78 is 23.9. The van der Waals surface area contributed by atoms with Crippen LogP contribution >= 0.6 is 0 Å². The van der Waals surface area contributed by atoms with Crippen molar-refractivity contribution in [3.05, 3.63) is 53.8 Å². The number of ether oxygens (including phenoxy) is 2. The Balaban J connectivity index is 1.67. The molecule has 0 spiro atoms. The van der Waals surface area contributed by atoms with Crippen molar-refractivity contribution in [3.63, 3.8) is 0 Å². The standard InChI is InChI=1S/C18H19FN2O3/c1-23-17-7-2-13(12-16(17)19)18(22)20-14-3-5-15(6-4-14)21-8-10-24-11-9-21/h2-7,12H,8-11H2,1H3,(H,20,22). The van der Waals surface area contributed by atoms with Crippen LogP contribution in [0.2, 0.25) is 0 Å². The van der Waals surface area contributed by atoms with E-state index < -0.39 is 5.82 Å². The van der Waals surface area contributed by atoms with Crippen LogP contribution in [0.4, 0.5) is 15.8 Å². The van der Waals surface area contributed by atoms with E-state index in [1.165, 1.54) is 19.2 Å². The van der Waals surface area contributed by atoms with Crippen LogP contribution in [0.5, 0.6) is 5.75 Å². The molecule has 24 heavy (non-hydrogen) atoms. The lowest BCUT2D eigenvalue weighted by Crippen LogP contribution is -2.36. The number of carbonyl (C=O) groups excluding carboxylic acids is 1. The molecule has 0 bridgehead atoms. The first-order chi connectivity index (χ1) is 11.7. The molecule has 2 aromatic carbocycles. The normalized spacial score (nSPS) is 14.3. The van der Waals surface area contributed by atoms with Gasteiger partial charge in [-0.15, -0.1) is 0 Å². The van der Waals surface area contributed by atoms with Crippen LogP contribution in [-0.2, 0) is 4.74 Å². The summed E-state index contributed by atoms with van der Waals surface area (Å²) >= 11 is 0. The van der Waals surface area contributed by atoms with E-state index in [-0.39, 0.29) is 17.2 Å². The number of amides is 1. The highest BCUT2D eigenvalue weighted by Gasteiger charge is 2.12. The lowest BCUT2D eigenvalue weighted by atomic mass is 10.2. The number of hydrogen-bond donors (Lipinski definition) is 1. The molecule has 1 saturated heterocycles. The van der Waals surface area contributed by atoms with Gasteiger partial charge >= 0.3 is 0 Å². The lowest BCUT2D eigenvalue weighted by molar-refractivity contribution is 0.102. The fourth-order valence-electron chi connectivity index (χ4n) is 2.59. The van der Waals surface area contributed by atoms with Crippen molar-refractivity contribution in [1.29, 1.82) is 0 Å². The average Bonchev–Trinajstić information content (AvgIpc) is 2.63. The predicted octanol–water partition coefficient (Wildman–Crippen LogP) is 2.92. The van der Waals surface area contributed by atoms with Crippen molar-refractivity contribution in [2.75, 3.05) is 43.6 Å². The fraction of sp³-hybridized carbons (Fsp3) is 0.278. The van der Waals surface area contributed by atoms with E-state index in [0.717, 1.165) is 38.1 Å². The molecule has 2 aromatic rings. The van der Waals surface area contributed by atoms with E-state index in [1.807, 2.05) is 24.3 Å². The molecule has 1 aliphatic rings. The number of carbonyl (C=O) groups is 1. The number of hydrogen-bond acceptors (Lipinski definition) is 4. The van der Waals surface area contributed by atoms with Crippen LogP contribution in [0, 0.1) is 5.82 Å². The number of nitrogens with zero attached hydrogens (tertiary/aromatic N) is 1. The summed E-state index contributed by atoms with van der Waals surface area (Å²) in [4.78, 5) is 14.4. The highest BCUT2D eigenvalue weighted by molar-refractivity contribution is 6.04. The molecule has 1 aliphatic heterocycles. The quantitative estimate of drug-likeness (QED) is 0.936. The van der Waals surface area contributed by atoms with Gasteiger partial charge in [0.05, 0.1) is 20.3 Å². The maximum atomic E-state index is 13.7. The van der Waals surface area contributed by atoms with E-state index in [4.69, 9.17) is 9.47 Å². The third-order valence-corrected chi connectivity index (χ3v) is 3.92. The van der Waals surface area contributed by atoms with Gasteiger partial charge in [-0.1, -0.05) is 0 Å². The molecule has 1 N–H and O–H groups in total. The largest absolute Gasteiger partial charge is 0.494 e. The molecule has 1 fully saturated rings. The molecule has 0 aliphatic carbocycles. The molecule has 0 unspecified atom stereocenters. The molecule has 0 radical (unpaired) electrons. The highest BCUT2D eigenvalue weighted by atomic mass is 19.1. The summed E-state index contributed by atoms with van der Waals surface area (Å²) in [5, 5.41) is 2.76. The minimum atomic E-state index is -0.562. The third-order valence-electron chi connectivity index (χ3n) is 3.92. The molecule has 0 atom stereocenters. The van der Waals surface area contributed by atoms with Crippen molar-refractivity contribution in [2.24, 2.45) is 0 Å². The number of nitrogens with one attached hydrogen (secondary N) is 1.